The Kier molecular flexibility index (Phi) is 8.47. The van der Waals surface area contributed by atoms with Crippen LogP contribution in [-0.2, 0) is 32.0 Å². The second kappa shape index (κ2) is 11.6. The Morgan fingerprint density at radius 2 is 1.70 bits per heavy atom. The predicted molar refractivity (Wildman–Crippen MR) is 144 cm³/mol. The maximum atomic E-state index is 13.5. The maximum Gasteiger partial charge on any atom is 0.408 e. The number of benzene rings is 2. The Labute approximate surface area is 223 Å². The van der Waals surface area contributed by atoms with Crippen LogP contribution in [0.15, 0.2) is 54.6 Å². The normalized spacial score (nSPS) is 19.7. The van der Waals surface area contributed by atoms with Crippen LogP contribution in [0.4, 0.5) is 9.59 Å². The number of hydrogen-bond acceptors (Lipinski definition) is 6. The molecule has 8 heteroatoms. The van der Waals surface area contributed by atoms with E-state index in [-0.39, 0.29) is 17.8 Å². The number of carbonyl (C=O) groups excluding carboxylic acids is 3. The molecular weight excluding hydrogens is 488 g/mol. The summed E-state index contributed by atoms with van der Waals surface area (Å²) in [7, 11) is 0. The standard InChI is InChI=1S/C29H36N2O5S/c1-28(2,3)36-26(33)30-29(16-13-23-11-7-8-12-24(23)29)25(32)35-19-21-14-17-31(18-15-21)27(34)37-20-22-9-5-4-6-10-22/h4-12,21H,13-20H2,1-3H3,(H,30,33). The van der Waals surface area contributed by atoms with E-state index < -0.39 is 23.2 Å². The zero-order valence-corrected chi connectivity index (χ0v) is 22.6. The second-order valence-electron chi connectivity index (χ2n) is 10.8. The van der Waals surface area contributed by atoms with Crippen molar-refractivity contribution >= 4 is 29.1 Å². The lowest BCUT2D eigenvalue weighted by Gasteiger charge is -2.33. The summed E-state index contributed by atoms with van der Waals surface area (Å²) in [5.74, 6) is 0.369. The lowest BCUT2D eigenvalue weighted by atomic mass is 9.91. The summed E-state index contributed by atoms with van der Waals surface area (Å²) < 4.78 is 11.3. The van der Waals surface area contributed by atoms with Crippen molar-refractivity contribution in [2.75, 3.05) is 19.7 Å². The number of fused-ring (bicyclic) bond motifs is 1. The lowest BCUT2D eigenvalue weighted by molar-refractivity contribution is -0.154. The van der Waals surface area contributed by atoms with Crippen molar-refractivity contribution in [2.24, 2.45) is 5.92 Å². The minimum absolute atomic E-state index is 0.0855. The summed E-state index contributed by atoms with van der Waals surface area (Å²) >= 11 is 1.32. The number of alkyl carbamates (subject to hydrolysis) is 1. The summed E-state index contributed by atoms with van der Waals surface area (Å²) in [6.45, 7) is 6.92. The third-order valence-electron chi connectivity index (χ3n) is 6.84. The van der Waals surface area contributed by atoms with Crippen molar-refractivity contribution in [1.82, 2.24) is 10.2 Å². The zero-order chi connectivity index (χ0) is 26.5. The number of nitrogens with zero attached hydrogens (tertiary/aromatic N) is 1. The Bertz CT molecular complexity index is 1110. The Balaban J connectivity index is 1.32. The number of aryl methyl sites for hydroxylation is 1. The molecule has 1 atom stereocenters. The lowest BCUT2D eigenvalue weighted by Crippen LogP contribution is -2.52. The summed E-state index contributed by atoms with van der Waals surface area (Å²) in [6.07, 6.45) is 2.00. The fourth-order valence-electron chi connectivity index (χ4n) is 4.89. The van der Waals surface area contributed by atoms with Gasteiger partial charge in [0.2, 0.25) is 0 Å². The van der Waals surface area contributed by atoms with Gasteiger partial charge in [0.15, 0.2) is 5.54 Å². The van der Waals surface area contributed by atoms with Gasteiger partial charge in [-0.05, 0) is 69.1 Å². The van der Waals surface area contributed by atoms with Crippen LogP contribution in [-0.4, -0.2) is 47.5 Å². The molecule has 0 radical (unpaired) electrons. The average molecular weight is 525 g/mol. The monoisotopic (exact) mass is 524 g/mol. The average Bonchev–Trinajstić information content (AvgIpc) is 3.25. The number of esters is 1. The molecule has 2 amide bonds. The Morgan fingerprint density at radius 1 is 1.03 bits per heavy atom. The first-order valence-electron chi connectivity index (χ1n) is 12.9. The van der Waals surface area contributed by atoms with Crippen molar-refractivity contribution in [3.05, 3.63) is 71.3 Å². The van der Waals surface area contributed by atoms with Crippen molar-refractivity contribution in [1.29, 1.82) is 0 Å². The predicted octanol–water partition coefficient (Wildman–Crippen LogP) is 5.66. The minimum Gasteiger partial charge on any atom is -0.463 e. The number of likely N-dealkylation sites (tertiary alicyclic amines) is 1. The highest BCUT2D eigenvalue weighted by Gasteiger charge is 2.49. The summed E-state index contributed by atoms with van der Waals surface area (Å²) in [5, 5.41) is 2.94. The minimum atomic E-state index is -1.26. The third-order valence-corrected chi connectivity index (χ3v) is 7.82. The van der Waals surface area contributed by atoms with Gasteiger partial charge in [-0.25, -0.2) is 9.59 Å². The number of nitrogens with one attached hydrogen (secondary N) is 1. The molecule has 1 fully saturated rings. The van der Waals surface area contributed by atoms with Gasteiger partial charge in [0.1, 0.15) is 5.60 Å². The molecule has 37 heavy (non-hydrogen) atoms. The molecule has 1 heterocycles. The van der Waals surface area contributed by atoms with Gasteiger partial charge in [-0.15, -0.1) is 0 Å². The van der Waals surface area contributed by atoms with Crippen molar-refractivity contribution in [3.8, 4) is 0 Å². The first-order valence-corrected chi connectivity index (χ1v) is 13.9. The van der Waals surface area contributed by atoms with Crippen LogP contribution in [0.25, 0.3) is 0 Å². The fourth-order valence-corrected chi connectivity index (χ4v) is 5.74. The van der Waals surface area contributed by atoms with Gasteiger partial charge in [0.05, 0.1) is 6.61 Å². The van der Waals surface area contributed by atoms with Gasteiger partial charge in [-0.1, -0.05) is 66.4 Å². The van der Waals surface area contributed by atoms with Crippen LogP contribution in [0.3, 0.4) is 0 Å². The van der Waals surface area contributed by atoms with E-state index in [2.05, 4.69) is 5.32 Å². The van der Waals surface area contributed by atoms with Crippen LogP contribution in [0.1, 0.15) is 56.7 Å². The first kappa shape index (κ1) is 27.0. The molecule has 7 nitrogen and oxygen atoms in total. The summed E-state index contributed by atoms with van der Waals surface area (Å²) in [6, 6.07) is 17.6. The molecule has 2 aliphatic rings. The van der Waals surface area contributed by atoms with Crippen molar-refractivity contribution in [2.45, 2.75) is 63.3 Å². The molecule has 1 aliphatic heterocycles. The highest BCUT2D eigenvalue weighted by atomic mass is 32.2. The molecule has 0 spiro atoms. The number of thioether (sulfide) groups is 1. The topological polar surface area (TPSA) is 84.9 Å². The molecule has 0 saturated carbocycles. The molecule has 2 aromatic rings. The molecule has 1 N–H and O–H groups in total. The van der Waals surface area contributed by atoms with Gasteiger partial charge in [0, 0.05) is 18.8 Å². The van der Waals surface area contributed by atoms with Gasteiger partial charge < -0.3 is 19.7 Å². The molecule has 1 aliphatic carbocycles. The van der Waals surface area contributed by atoms with Crippen LogP contribution in [0, 0.1) is 5.92 Å². The number of amides is 2. The number of hydrogen-bond donors (Lipinski definition) is 1. The van der Waals surface area contributed by atoms with E-state index in [0.29, 0.717) is 31.7 Å². The SMILES string of the molecule is CC(C)(C)OC(=O)NC1(C(=O)OCC2CCN(C(=O)SCc3ccccc3)CC2)CCc2ccccc21. The highest BCUT2D eigenvalue weighted by molar-refractivity contribution is 8.12. The van der Waals surface area contributed by atoms with E-state index in [0.717, 1.165) is 29.5 Å². The zero-order valence-electron chi connectivity index (χ0n) is 21.8. The number of piperidine rings is 1. The van der Waals surface area contributed by atoms with E-state index in [4.69, 9.17) is 9.47 Å². The summed E-state index contributed by atoms with van der Waals surface area (Å²) in [4.78, 5) is 40.7. The van der Waals surface area contributed by atoms with Crippen LogP contribution in [0.2, 0.25) is 0 Å². The maximum absolute atomic E-state index is 13.5. The molecule has 4 rings (SSSR count). The van der Waals surface area contributed by atoms with E-state index >= 15 is 0 Å². The van der Waals surface area contributed by atoms with Crippen molar-refractivity contribution in [3.63, 3.8) is 0 Å². The molecule has 1 unspecified atom stereocenters. The van der Waals surface area contributed by atoms with E-state index in [1.165, 1.54) is 11.8 Å². The van der Waals surface area contributed by atoms with Crippen LogP contribution < -0.4 is 5.32 Å². The van der Waals surface area contributed by atoms with Crippen LogP contribution >= 0.6 is 11.8 Å². The molecule has 1 saturated heterocycles. The number of ether oxygens (including phenoxy) is 2. The van der Waals surface area contributed by atoms with E-state index in [1.807, 2.05) is 59.5 Å². The quantitative estimate of drug-likeness (QED) is 0.491. The van der Waals surface area contributed by atoms with Crippen molar-refractivity contribution < 1.29 is 23.9 Å². The highest BCUT2D eigenvalue weighted by Crippen LogP contribution is 2.38. The number of carbonyl (C=O) groups is 3. The summed E-state index contributed by atoms with van der Waals surface area (Å²) in [5.41, 5.74) is 0.976. The third kappa shape index (κ3) is 6.86. The van der Waals surface area contributed by atoms with Gasteiger partial charge in [0.25, 0.3) is 5.24 Å². The molecular formula is C29H36N2O5S. The Hall–Kier alpha value is -3.00. The van der Waals surface area contributed by atoms with E-state index in [9.17, 15) is 14.4 Å². The van der Waals surface area contributed by atoms with E-state index in [1.54, 1.807) is 20.8 Å². The fraction of sp³-hybridized carbons (Fsp3) is 0.483. The van der Waals surface area contributed by atoms with Gasteiger partial charge >= 0.3 is 12.1 Å². The second-order valence-corrected chi connectivity index (χ2v) is 11.7. The first-order chi connectivity index (χ1) is 17.7. The number of rotatable bonds is 6. The van der Waals surface area contributed by atoms with Gasteiger partial charge in [-0.3, -0.25) is 4.79 Å². The smallest absolute Gasteiger partial charge is 0.408 e. The molecule has 2 aromatic carbocycles. The Morgan fingerprint density at radius 3 is 2.41 bits per heavy atom. The van der Waals surface area contributed by atoms with Gasteiger partial charge in [-0.2, -0.15) is 0 Å². The molecule has 0 bridgehead atoms. The van der Waals surface area contributed by atoms with Crippen LogP contribution in [0.5, 0.6) is 0 Å². The molecule has 198 valence electrons. The molecule has 0 aromatic heterocycles. The largest absolute Gasteiger partial charge is 0.463 e.